The van der Waals surface area contributed by atoms with E-state index in [1.807, 2.05) is 42.5 Å². The van der Waals surface area contributed by atoms with Crippen molar-refractivity contribution in [3.05, 3.63) is 65.4 Å². The summed E-state index contributed by atoms with van der Waals surface area (Å²) in [6.07, 6.45) is 1.34. The van der Waals surface area contributed by atoms with Crippen LogP contribution in [0.1, 0.15) is 0 Å². The van der Waals surface area contributed by atoms with Crippen LogP contribution in [-0.4, -0.2) is 22.5 Å². The van der Waals surface area contributed by atoms with Crippen molar-refractivity contribution in [3.63, 3.8) is 0 Å². The Morgan fingerprint density at radius 2 is 1.74 bits per heavy atom. The number of benzene rings is 2. The minimum Gasteiger partial charge on any atom is -0.484 e. The van der Waals surface area contributed by atoms with Crippen LogP contribution in [-0.2, 0) is 4.79 Å². The van der Waals surface area contributed by atoms with Crippen molar-refractivity contribution < 1.29 is 9.53 Å². The van der Waals surface area contributed by atoms with Gasteiger partial charge in [0, 0.05) is 4.47 Å². The number of halogens is 1. The first-order chi connectivity index (χ1) is 13.1. The smallest absolute Gasteiger partial charge is 0.276 e. The maximum atomic E-state index is 11.9. The molecule has 5 N–H and O–H groups in total. The lowest BCUT2D eigenvalue weighted by Gasteiger charge is -2.14. The Morgan fingerprint density at radius 3 is 2.52 bits per heavy atom. The van der Waals surface area contributed by atoms with Gasteiger partial charge in [0.1, 0.15) is 17.8 Å². The summed E-state index contributed by atoms with van der Waals surface area (Å²) < 4.78 is 6.23. The van der Waals surface area contributed by atoms with E-state index in [1.165, 1.54) is 6.33 Å². The van der Waals surface area contributed by atoms with Crippen LogP contribution >= 0.6 is 15.9 Å². The number of hydrazine groups is 1. The molecule has 0 bridgehead atoms. The molecule has 0 spiro atoms. The highest BCUT2D eigenvalue weighted by Gasteiger charge is 2.11. The number of hydrogen-bond donors (Lipinski definition) is 4. The number of ether oxygens (including phenoxy) is 1. The summed E-state index contributed by atoms with van der Waals surface area (Å²) in [7, 11) is 0. The van der Waals surface area contributed by atoms with Gasteiger partial charge in [-0.2, -0.15) is 0 Å². The number of amides is 1. The van der Waals surface area contributed by atoms with Crippen molar-refractivity contribution in [1.82, 2.24) is 15.4 Å². The van der Waals surface area contributed by atoms with Gasteiger partial charge in [-0.15, -0.1) is 0 Å². The summed E-state index contributed by atoms with van der Waals surface area (Å²) in [5.41, 5.74) is 12.3. The van der Waals surface area contributed by atoms with Crippen molar-refractivity contribution in [2.75, 3.05) is 23.1 Å². The fourth-order valence-electron chi connectivity index (χ4n) is 2.12. The Bertz CT molecular complexity index is 923. The quantitative estimate of drug-likeness (QED) is 0.427. The Balaban J connectivity index is 1.59. The maximum absolute atomic E-state index is 11.9. The van der Waals surface area contributed by atoms with Gasteiger partial charge in [-0.05, 0) is 40.2 Å². The van der Waals surface area contributed by atoms with Gasteiger partial charge in [0.2, 0.25) is 0 Å². The van der Waals surface area contributed by atoms with Crippen LogP contribution in [0.5, 0.6) is 5.75 Å². The largest absolute Gasteiger partial charge is 0.484 e. The normalized spacial score (nSPS) is 10.1. The fraction of sp³-hybridized carbons (Fsp3) is 0.0556. The Morgan fingerprint density at radius 1 is 1.04 bits per heavy atom. The van der Waals surface area contributed by atoms with Crippen LogP contribution in [0.4, 0.5) is 23.0 Å². The molecule has 0 atom stereocenters. The molecule has 8 nitrogen and oxygen atoms in total. The number of nitrogens with zero attached hydrogens (tertiary/aromatic N) is 2. The standard InChI is InChI=1S/C18H17BrN6O2/c19-13-8-4-5-9-14(13)23-17-16(20)18(22-11-21-17)25-24-15(26)10-27-12-6-2-1-3-7-12/h1-9,11H,10,20H2,(H,24,26)(H2,21,22,23,25). The van der Waals surface area contributed by atoms with Crippen molar-refractivity contribution in [1.29, 1.82) is 0 Å². The zero-order valence-corrected chi connectivity index (χ0v) is 15.7. The highest BCUT2D eigenvalue weighted by molar-refractivity contribution is 9.10. The predicted molar refractivity (Wildman–Crippen MR) is 108 cm³/mol. The molecule has 0 fully saturated rings. The van der Waals surface area contributed by atoms with Gasteiger partial charge in [-0.3, -0.25) is 15.6 Å². The molecule has 0 saturated carbocycles. The summed E-state index contributed by atoms with van der Waals surface area (Å²) in [5, 5.41) is 3.11. The van der Waals surface area contributed by atoms with Crippen molar-refractivity contribution in [2.45, 2.75) is 0 Å². The first-order valence-corrected chi connectivity index (χ1v) is 8.77. The molecule has 9 heteroatoms. The Labute approximate surface area is 164 Å². The third-order valence-electron chi connectivity index (χ3n) is 3.44. The van der Waals surface area contributed by atoms with Crippen LogP contribution in [0.3, 0.4) is 0 Å². The lowest BCUT2D eigenvalue weighted by molar-refractivity contribution is -0.122. The molecule has 1 heterocycles. The lowest BCUT2D eigenvalue weighted by atomic mass is 10.3. The summed E-state index contributed by atoms with van der Waals surface area (Å²) in [4.78, 5) is 20.1. The van der Waals surface area contributed by atoms with Crippen molar-refractivity contribution >= 4 is 44.8 Å². The molecule has 0 aliphatic rings. The van der Waals surface area contributed by atoms with E-state index in [0.29, 0.717) is 11.6 Å². The first kappa shape index (κ1) is 18.5. The highest BCUT2D eigenvalue weighted by atomic mass is 79.9. The molecule has 1 aromatic heterocycles. The average molecular weight is 429 g/mol. The van der Waals surface area contributed by atoms with Gasteiger partial charge in [0.25, 0.3) is 5.91 Å². The number of aromatic nitrogens is 2. The molecule has 0 unspecified atom stereocenters. The number of nitrogen functional groups attached to an aromatic ring is 1. The number of anilines is 4. The topological polar surface area (TPSA) is 114 Å². The molecule has 3 aromatic rings. The summed E-state index contributed by atoms with van der Waals surface area (Å²) in [6, 6.07) is 16.6. The molecule has 27 heavy (non-hydrogen) atoms. The van der Waals surface area contributed by atoms with E-state index >= 15 is 0 Å². The summed E-state index contributed by atoms with van der Waals surface area (Å²) in [5.74, 6) is 0.910. The Hall–Kier alpha value is -3.33. The second-order valence-corrected chi connectivity index (χ2v) is 6.22. The third-order valence-corrected chi connectivity index (χ3v) is 4.14. The van der Waals surface area contributed by atoms with Gasteiger partial charge >= 0.3 is 0 Å². The molecular weight excluding hydrogens is 412 g/mol. The predicted octanol–water partition coefficient (Wildman–Crippen LogP) is 3.09. The Kier molecular flexibility index (Phi) is 6.06. The second-order valence-electron chi connectivity index (χ2n) is 5.36. The summed E-state index contributed by atoms with van der Waals surface area (Å²) >= 11 is 3.45. The van der Waals surface area contributed by atoms with Gasteiger partial charge in [0.05, 0.1) is 5.69 Å². The average Bonchev–Trinajstić information content (AvgIpc) is 2.69. The summed E-state index contributed by atoms with van der Waals surface area (Å²) in [6.45, 7) is -0.149. The highest BCUT2D eigenvalue weighted by Crippen LogP contribution is 2.29. The lowest BCUT2D eigenvalue weighted by Crippen LogP contribution is -2.34. The molecule has 138 valence electrons. The molecule has 0 aliphatic carbocycles. The number of carbonyl (C=O) groups excluding carboxylic acids is 1. The van der Waals surface area contributed by atoms with E-state index in [2.05, 4.69) is 42.1 Å². The van der Waals surface area contributed by atoms with E-state index < -0.39 is 0 Å². The van der Waals surface area contributed by atoms with E-state index in [-0.39, 0.29) is 24.0 Å². The van der Waals surface area contributed by atoms with Crippen molar-refractivity contribution in [3.8, 4) is 5.75 Å². The van der Waals surface area contributed by atoms with Gasteiger partial charge in [-0.1, -0.05) is 30.3 Å². The molecule has 1 amide bonds. The SMILES string of the molecule is Nc1c(NNC(=O)COc2ccccc2)ncnc1Nc1ccccc1Br. The fourth-order valence-corrected chi connectivity index (χ4v) is 2.50. The van der Waals surface area contributed by atoms with Crippen LogP contribution in [0.2, 0.25) is 0 Å². The maximum Gasteiger partial charge on any atom is 0.276 e. The van der Waals surface area contributed by atoms with Gasteiger partial charge in [0.15, 0.2) is 18.2 Å². The number of rotatable bonds is 7. The van der Waals surface area contributed by atoms with Crippen LogP contribution in [0, 0.1) is 0 Å². The zero-order chi connectivity index (χ0) is 19.1. The molecule has 3 rings (SSSR count). The number of hydrogen-bond acceptors (Lipinski definition) is 7. The van der Waals surface area contributed by atoms with E-state index in [1.54, 1.807) is 12.1 Å². The number of nitrogens with one attached hydrogen (secondary N) is 3. The third kappa shape index (κ3) is 5.08. The molecule has 0 saturated heterocycles. The minimum absolute atomic E-state index is 0.149. The van der Waals surface area contributed by atoms with E-state index in [9.17, 15) is 4.79 Å². The number of nitrogens with two attached hydrogens (primary N) is 1. The first-order valence-electron chi connectivity index (χ1n) is 7.98. The number of para-hydroxylation sites is 2. The molecular formula is C18H17BrN6O2. The van der Waals surface area contributed by atoms with Crippen LogP contribution in [0.15, 0.2) is 65.4 Å². The van der Waals surface area contributed by atoms with E-state index in [4.69, 9.17) is 10.5 Å². The monoisotopic (exact) mass is 428 g/mol. The van der Waals surface area contributed by atoms with E-state index in [0.717, 1.165) is 10.2 Å². The van der Waals surface area contributed by atoms with Gasteiger partial charge < -0.3 is 15.8 Å². The van der Waals surface area contributed by atoms with Crippen LogP contribution < -0.4 is 26.6 Å². The second kappa shape index (κ2) is 8.86. The zero-order valence-electron chi connectivity index (χ0n) is 14.1. The molecule has 2 aromatic carbocycles. The van der Waals surface area contributed by atoms with Crippen LogP contribution in [0.25, 0.3) is 0 Å². The van der Waals surface area contributed by atoms with Gasteiger partial charge in [-0.25, -0.2) is 9.97 Å². The van der Waals surface area contributed by atoms with Crippen molar-refractivity contribution in [2.24, 2.45) is 0 Å². The molecule has 0 radical (unpaired) electrons. The number of carbonyl (C=O) groups is 1. The minimum atomic E-state index is -0.378. The molecule has 0 aliphatic heterocycles.